The molecule has 0 saturated heterocycles. The minimum Gasteiger partial charge on any atom is -0.465 e. The molecule has 11 heteroatoms. The van der Waals surface area contributed by atoms with Crippen LogP contribution >= 0.6 is 0 Å². The Bertz CT molecular complexity index is 1690. The fourth-order valence-electron chi connectivity index (χ4n) is 4.44. The van der Waals surface area contributed by atoms with E-state index in [1.165, 1.54) is 7.11 Å². The van der Waals surface area contributed by atoms with Gasteiger partial charge in [-0.3, -0.25) is 14.8 Å². The second-order valence-electron chi connectivity index (χ2n) is 8.72. The number of benzene rings is 2. The van der Waals surface area contributed by atoms with E-state index in [4.69, 9.17) is 10.5 Å². The van der Waals surface area contributed by atoms with E-state index in [2.05, 4.69) is 20.4 Å². The van der Waals surface area contributed by atoms with Crippen molar-refractivity contribution >= 4 is 45.8 Å². The Morgan fingerprint density at radius 3 is 2.50 bits per heavy atom. The van der Waals surface area contributed by atoms with Crippen LogP contribution in [0.15, 0.2) is 60.7 Å². The van der Waals surface area contributed by atoms with Crippen LogP contribution < -0.4 is 11.1 Å². The number of nitrogens with two attached hydrogens (primary N) is 1. The van der Waals surface area contributed by atoms with Crippen molar-refractivity contribution in [2.45, 2.75) is 33.5 Å². The van der Waals surface area contributed by atoms with Gasteiger partial charge >= 0.3 is 5.97 Å². The van der Waals surface area contributed by atoms with Gasteiger partial charge in [-0.1, -0.05) is 24.3 Å². The lowest BCUT2D eigenvalue weighted by atomic mass is 10.2. The molecular formula is C27H28N8O3. The van der Waals surface area contributed by atoms with Gasteiger partial charge < -0.3 is 19.6 Å². The molecule has 5 rings (SSSR count). The van der Waals surface area contributed by atoms with Crippen molar-refractivity contribution in [1.29, 1.82) is 0 Å². The number of hydrogen-bond acceptors (Lipinski definition) is 7. The van der Waals surface area contributed by atoms with E-state index in [9.17, 15) is 9.59 Å². The molecule has 0 saturated carbocycles. The summed E-state index contributed by atoms with van der Waals surface area (Å²) in [6, 6.07) is 14.6. The number of fused-ring (bicyclic) bond motifs is 2. The molecular weight excluding hydrogens is 484 g/mol. The average molecular weight is 513 g/mol. The second kappa shape index (κ2) is 10.2. The average Bonchev–Trinajstić information content (AvgIpc) is 3.57. The van der Waals surface area contributed by atoms with Crippen LogP contribution in [0.2, 0.25) is 0 Å². The molecule has 0 fully saturated rings. The van der Waals surface area contributed by atoms with E-state index in [0.29, 0.717) is 48.3 Å². The van der Waals surface area contributed by atoms with Gasteiger partial charge in [0.15, 0.2) is 0 Å². The summed E-state index contributed by atoms with van der Waals surface area (Å²) >= 11 is 0. The highest BCUT2D eigenvalue weighted by atomic mass is 16.5. The molecule has 194 valence electrons. The lowest BCUT2D eigenvalue weighted by Gasteiger charge is -2.09. The van der Waals surface area contributed by atoms with Gasteiger partial charge in [0.05, 0.1) is 40.4 Å². The first-order valence-corrected chi connectivity index (χ1v) is 12.2. The van der Waals surface area contributed by atoms with Gasteiger partial charge in [-0.25, -0.2) is 14.8 Å². The zero-order chi connectivity index (χ0) is 26.8. The number of hydrogen-bond donors (Lipinski definition) is 2. The molecule has 38 heavy (non-hydrogen) atoms. The zero-order valence-corrected chi connectivity index (χ0v) is 21.4. The molecule has 0 unspecified atom stereocenters. The van der Waals surface area contributed by atoms with Gasteiger partial charge in [0.2, 0.25) is 11.9 Å². The molecule has 0 aliphatic rings. The number of imidazole rings is 2. The Morgan fingerprint density at radius 1 is 1.00 bits per heavy atom. The van der Waals surface area contributed by atoms with Crippen molar-refractivity contribution in [3.63, 3.8) is 0 Å². The van der Waals surface area contributed by atoms with E-state index in [1.807, 2.05) is 59.4 Å². The Morgan fingerprint density at radius 2 is 1.74 bits per heavy atom. The van der Waals surface area contributed by atoms with Gasteiger partial charge in [0.25, 0.3) is 5.91 Å². The highest BCUT2D eigenvalue weighted by Crippen LogP contribution is 2.23. The smallest absolute Gasteiger partial charge is 0.337 e. The predicted octanol–water partition coefficient (Wildman–Crippen LogP) is 3.79. The fourth-order valence-corrected chi connectivity index (χ4v) is 4.44. The maximum atomic E-state index is 13.2. The van der Waals surface area contributed by atoms with Crippen molar-refractivity contribution < 1.29 is 14.3 Å². The van der Waals surface area contributed by atoms with Crippen molar-refractivity contribution in [2.24, 2.45) is 0 Å². The minimum atomic E-state index is -0.459. The summed E-state index contributed by atoms with van der Waals surface area (Å²) in [6.07, 6.45) is 3.96. The molecule has 11 nitrogen and oxygen atoms in total. The molecule has 0 spiro atoms. The lowest BCUT2D eigenvalue weighted by Crippen LogP contribution is -2.19. The highest BCUT2D eigenvalue weighted by molar-refractivity contribution is 6.03. The molecule has 3 heterocycles. The lowest BCUT2D eigenvalue weighted by molar-refractivity contribution is 0.0600. The number of esters is 1. The van der Waals surface area contributed by atoms with E-state index < -0.39 is 5.97 Å². The number of aryl methyl sites for hydroxylation is 2. The quantitative estimate of drug-likeness (QED) is 0.239. The molecule has 3 N–H and O–H groups in total. The molecule has 0 aliphatic heterocycles. The number of carbonyl (C=O) groups excluding carboxylic acids is 2. The molecule has 3 aromatic heterocycles. The van der Waals surface area contributed by atoms with E-state index in [0.717, 1.165) is 22.2 Å². The van der Waals surface area contributed by atoms with Crippen molar-refractivity contribution in [3.8, 4) is 0 Å². The summed E-state index contributed by atoms with van der Waals surface area (Å²) < 4.78 is 10.3. The van der Waals surface area contributed by atoms with Gasteiger partial charge in [0.1, 0.15) is 5.69 Å². The molecule has 5 aromatic rings. The van der Waals surface area contributed by atoms with Crippen molar-refractivity contribution in [1.82, 2.24) is 28.9 Å². The number of carbonyl (C=O) groups is 2. The van der Waals surface area contributed by atoms with Crippen LogP contribution in [0.5, 0.6) is 0 Å². The standard InChI is InChI=1S/C27H28N8O3/c1-4-35-23(15-17(2)32-35)24(36)31-27-30-20-16-18(25(37)38-3)11-12-22(20)34(27)14-8-7-13-33-21-10-6-5-9-19(21)29-26(33)28/h5-12,15-16H,4,13-14H2,1-3H3,(H2,28,29)(H,30,31,36)/b8-7+. The van der Waals surface area contributed by atoms with Crippen molar-refractivity contribution in [3.05, 3.63) is 77.6 Å². The van der Waals surface area contributed by atoms with Crippen LogP contribution in [0, 0.1) is 6.92 Å². The number of nitrogens with one attached hydrogen (secondary N) is 1. The number of ether oxygens (including phenoxy) is 1. The van der Waals surface area contributed by atoms with Crippen LogP contribution in [-0.4, -0.2) is 47.9 Å². The number of rotatable bonds is 8. The summed E-state index contributed by atoms with van der Waals surface area (Å²) in [5, 5.41) is 7.28. The molecule has 0 bridgehead atoms. The van der Waals surface area contributed by atoms with Gasteiger partial charge in [-0.2, -0.15) is 5.10 Å². The summed E-state index contributed by atoms with van der Waals surface area (Å²) in [5.41, 5.74) is 10.8. The van der Waals surface area contributed by atoms with Crippen LogP contribution in [-0.2, 0) is 24.4 Å². The van der Waals surface area contributed by atoms with Crippen LogP contribution in [0.25, 0.3) is 22.1 Å². The third-order valence-electron chi connectivity index (χ3n) is 6.26. The number of nitrogen functional groups attached to an aromatic ring is 1. The van der Waals surface area contributed by atoms with Crippen molar-refractivity contribution in [2.75, 3.05) is 18.2 Å². The number of aromatic nitrogens is 6. The van der Waals surface area contributed by atoms with E-state index >= 15 is 0 Å². The normalized spacial score (nSPS) is 11.6. The first-order valence-electron chi connectivity index (χ1n) is 12.2. The highest BCUT2D eigenvalue weighted by Gasteiger charge is 2.19. The van der Waals surface area contributed by atoms with Crippen LogP contribution in [0.1, 0.15) is 33.5 Å². The summed E-state index contributed by atoms with van der Waals surface area (Å²) in [6.45, 7) is 5.27. The Kier molecular flexibility index (Phi) is 6.65. The van der Waals surface area contributed by atoms with Gasteiger partial charge in [0, 0.05) is 19.6 Å². The first kappa shape index (κ1) is 24.8. The fraction of sp³-hybridized carbons (Fsp3) is 0.222. The predicted molar refractivity (Wildman–Crippen MR) is 145 cm³/mol. The second-order valence-corrected chi connectivity index (χ2v) is 8.72. The topological polar surface area (TPSA) is 135 Å². The Labute approximate surface area is 218 Å². The summed E-state index contributed by atoms with van der Waals surface area (Å²) in [5.74, 6) is 0.0130. The molecule has 1 amide bonds. The minimum absolute atomic E-state index is 0.321. The monoisotopic (exact) mass is 512 g/mol. The maximum absolute atomic E-state index is 13.2. The summed E-state index contributed by atoms with van der Waals surface area (Å²) in [7, 11) is 1.33. The van der Waals surface area contributed by atoms with E-state index in [1.54, 1.807) is 28.9 Å². The largest absolute Gasteiger partial charge is 0.465 e. The molecule has 0 atom stereocenters. The zero-order valence-electron chi connectivity index (χ0n) is 21.4. The number of para-hydroxylation sites is 2. The first-order chi connectivity index (χ1) is 18.4. The SMILES string of the molecule is CCn1nc(C)cc1C(=O)Nc1nc2cc(C(=O)OC)ccc2n1C/C=C/Cn1c(N)nc2ccccc21. The van der Waals surface area contributed by atoms with Gasteiger partial charge in [-0.15, -0.1) is 0 Å². The summed E-state index contributed by atoms with van der Waals surface area (Å²) in [4.78, 5) is 34.3. The van der Waals surface area contributed by atoms with E-state index in [-0.39, 0.29) is 5.91 Å². The van der Waals surface area contributed by atoms with Crippen LogP contribution in [0.3, 0.4) is 0 Å². The molecule has 0 radical (unpaired) electrons. The maximum Gasteiger partial charge on any atom is 0.337 e. The Hall–Kier alpha value is -4.93. The molecule has 0 aliphatic carbocycles. The number of allylic oxidation sites excluding steroid dienone is 2. The van der Waals surface area contributed by atoms with Crippen LogP contribution in [0.4, 0.5) is 11.9 Å². The number of anilines is 2. The molecule has 2 aromatic carbocycles. The third-order valence-corrected chi connectivity index (χ3v) is 6.26. The number of nitrogens with zero attached hydrogens (tertiary/aromatic N) is 6. The number of methoxy groups -OCH3 is 1. The third kappa shape index (κ3) is 4.61. The Balaban J connectivity index is 1.45. The van der Waals surface area contributed by atoms with Gasteiger partial charge in [-0.05, 0) is 50.2 Å². The number of amides is 1.